The molecule has 4 heteroatoms. The maximum absolute atomic E-state index is 9.41. The fraction of sp³-hybridized carbons (Fsp3) is 0.917. The number of ether oxygens (including phenoxy) is 1. The van der Waals surface area contributed by atoms with Crippen molar-refractivity contribution in [2.24, 2.45) is 0 Å². The van der Waals surface area contributed by atoms with Crippen LogP contribution in [0.2, 0.25) is 0 Å². The van der Waals surface area contributed by atoms with Crippen molar-refractivity contribution in [2.45, 2.75) is 64.6 Å². The number of methoxy groups -OCH3 is 1. The minimum Gasteiger partial charge on any atom is -1.00 e. The Balaban J connectivity index is -0.000000845. The second-order valence-electron chi connectivity index (χ2n) is 4.03. The van der Waals surface area contributed by atoms with Crippen molar-refractivity contribution in [3.8, 4) is 0 Å². The molecule has 0 aliphatic heterocycles. The van der Waals surface area contributed by atoms with Gasteiger partial charge in [0, 0.05) is 13.5 Å². The van der Waals surface area contributed by atoms with Crippen LogP contribution in [0.15, 0.2) is 0 Å². The number of halogens is 1. The molecule has 0 saturated carbocycles. The van der Waals surface area contributed by atoms with E-state index in [4.69, 9.17) is 4.74 Å². The van der Waals surface area contributed by atoms with Gasteiger partial charge < -0.3 is 22.3 Å². The molecule has 0 saturated heterocycles. The largest absolute Gasteiger partial charge is 1.00 e. The van der Waals surface area contributed by atoms with Gasteiger partial charge in [-0.1, -0.05) is 33.1 Å². The van der Waals surface area contributed by atoms with Gasteiger partial charge in [0.25, 0.3) is 0 Å². The van der Waals surface area contributed by atoms with Gasteiger partial charge in [-0.25, -0.2) is 0 Å². The number of hydrogen-bond acceptors (Lipinski definition) is 2. The van der Waals surface area contributed by atoms with Crippen LogP contribution in [0, 0.1) is 6.42 Å². The van der Waals surface area contributed by atoms with Crippen molar-refractivity contribution in [2.75, 3.05) is 7.11 Å². The van der Waals surface area contributed by atoms with Crippen LogP contribution in [0.5, 0.6) is 0 Å². The van der Waals surface area contributed by atoms with Crippen LogP contribution in [0.4, 0.5) is 0 Å². The van der Waals surface area contributed by atoms with E-state index in [1.54, 1.807) is 14.0 Å². The Labute approximate surface area is 127 Å². The smallest absolute Gasteiger partial charge is 1.00 e. The quantitative estimate of drug-likeness (QED) is 0.540. The minimum atomic E-state index is -0.390. The molecule has 1 N–H and O–H groups in total. The average Bonchev–Trinajstić information content (AvgIpc) is 2.14. The zero-order chi connectivity index (χ0) is 11.0. The van der Waals surface area contributed by atoms with Gasteiger partial charge in [-0.15, -0.1) is 0 Å². The first-order valence-corrected chi connectivity index (χ1v) is 5.69. The van der Waals surface area contributed by atoms with E-state index < -0.39 is 6.10 Å². The molecule has 0 aliphatic carbocycles. The van der Waals surface area contributed by atoms with Gasteiger partial charge in [0.2, 0.25) is 0 Å². The third-order valence-electron chi connectivity index (χ3n) is 2.58. The van der Waals surface area contributed by atoms with Crippen LogP contribution < -0.4 is 12.4 Å². The molecule has 0 amide bonds. The van der Waals surface area contributed by atoms with Crippen LogP contribution in [-0.4, -0.2) is 23.9 Å². The van der Waals surface area contributed by atoms with Crippen LogP contribution in [0.1, 0.15) is 52.9 Å². The first-order valence-electron chi connectivity index (χ1n) is 5.69. The first kappa shape index (κ1) is 22.3. The molecule has 16 heavy (non-hydrogen) atoms. The molecule has 2 radical (unpaired) electrons. The third-order valence-corrected chi connectivity index (χ3v) is 2.58. The summed E-state index contributed by atoms with van der Waals surface area (Å²) in [6, 6.07) is 0. The van der Waals surface area contributed by atoms with Crippen molar-refractivity contribution in [1.29, 1.82) is 0 Å². The molecule has 2 atom stereocenters. The summed E-state index contributed by atoms with van der Waals surface area (Å²) in [6.07, 6.45) is 6.96. The Morgan fingerprint density at radius 3 is 2.12 bits per heavy atom. The summed E-state index contributed by atoms with van der Waals surface area (Å²) in [7, 11) is 1.74. The fourth-order valence-corrected chi connectivity index (χ4v) is 1.90. The second kappa shape index (κ2) is 12.6. The van der Waals surface area contributed by atoms with Crippen molar-refractivity contribution in [1.82, 2.24) is 0 Å². The van der Waals surface area contributed by atoms with E-state index in [1.807, 2.05) is 6.42 Å². The summed E-state index contributed by atoms with van der Waals surface area (Å²) in [5, 5.41) is 9.41. The molecule has 0 aromatic heterocycles. The molecule has 0 rings (SSSR count). The van der Waals surface area contributed by atoms with E-state index in [2.05, 4.69) is 13.8 Å². The monoisotopic (exact) mass is 438 g/mol. The van der Waals surface area contributed by atoms with Crippen LogP contribution in [0.3, 0.4) is 0 Å². The number of aliphatic hydroxyl groups excluding tert-OH is 1. The molecular weight excluding hydrogens is 412 g/mol. The first-order chi connectivity index (χ1) is 6.60. The van der Waals surface area contributed by atoms with E-state index in [-0.39, 0.29) is 45.7 Å². The Bertz CT molecular complexity index is 145. The number of unbranched alkanes of at least 4 members (excludes halogenated alkanes) is 1. The Morgan fingerprint density at radius 1 is 1.25 bits per heavy atom. The molecule has 0 bridgehead atoms. The summed E-state index contributed by atoms with van der Waals surface area (Å²) in [4.78, 5) is 0. The molecule has 0 aliphatic rings. The van der Waals surface area contributed by atoms with E-state index in [9.17, 15) is 5.11 Å². The van der Waals surface area contributed by atoms with Crippen LogP contribution in [-0.2, 0) is 32.4 Å². The maximum atomic E-state index is 9.41. The van der Waals surface area contributed by atoms with Gasteiger partial charge in [0.1, 0.15) is 0 Å². The topological polar surface area (TPSA) is 29.5 Å². The minimum absolute atomic E-state index is 0. The Hall–Kier alpha value is 1.15. The summed E-state index contributed by atoms with van der Waals surface area (Å²) in [5.74, 6) is 0. The maximum Gasteiger partial charge on any atom is 1.00 e. The number of rotatable bonds is 8. The standard InChI is InChI=1S/C12H25O2.ClH.Hg/c1-5-7-9-12(14-4,8-6-2)10-11(3)13;;/h10-11,13H,5-9H2,1-4H3;1H;/q;;+1/p-1/t11-,12-;;/m0../s1. The molecule has 0 spiro atoms. The molecule has 0 unspecified atom stereocenters. The van der Waals surface area contributed by atoms with Crippen molar-refractivity contribution in [3.63, 3.8) is 0 Å². The molecular formula is C12H25ClHgO2. The molecule has 0 aromatic carbocycles. The number of hydrogen-bond donors (Lipinski definition) is 1. The predicted molar refractivity (Wildman–Crippen MR) is 60.2 cm³/mol. The van der Waals surface area contributed by atoms with Gasteiger partial charge in [-0.2, -0.15) is 0 Å². The summed E-state index contributed by atoms with van der Waals surface area (Å²) >= 11 is 0. The van der Waals surface area contributed by atoms with E-state index in [0.29, 0.717) is 0 Å². The van der Waals surface area contributed by atoms with Crippen LogP contribution >= 0.6 is 0 Å². The Kier molecular flexibility index (Phi) is 17.6. The van der Waals surface area contributed by atoms with Crippen molar-refractivity contribution >= 4 is 0 Å². The summed E-state index contributed by atoms with van der Waals surface area (Å²) < 4.78 is 5.58. The molecule has 0 fully saturated rings. The van der Waals surface area contributed by atoms with Gasteiger partial charge >= 0.3 is 27.7 Å². The van der Waals surface area contributed by atoms with Gasteiger partial charge in [0.15, 0.2) is 0 Å². The predicted octanol–water partition coefficient (Wildman–Crippen LogP) is -0.0515. The average molecular weight is 437 g/mol. The second-order valence-corrected chi connectivity index (χ2v) is 4.03. The molecule has 2 nitrogen and oxygen atoms in total. The van der Waals surface area contributed by atoms with Crippen molar-refractivity contribution < 1.29 is 49.9 Å². The van der Waals surface area contributed by atoms with E-state index in [1.165, 1.54) is 6.42 Å². The third kappa shape index (κ3) is 9.20. The zero-order valence-corrected chi connectivity index (χ0v) is 17.4. The van der Waals surface area contributed by atoms with Crippen LogP contribution in [0.25, 0.3) is 0 Å². The van der Waals surface area contributed by atoms with Gasteiger partial charge in [-0.05, 0) is 19.8 Å². The molecule has 0 aromatic rings. The van der Waals surface area contributed by atoms with Crippen molar-refractivity contribution in [3.05, 3.63) is 6.42 Å². The SMILES string of the molecule is CCCC[C@]([CH][C@H](C)O)(CCC)OC.[Cl-].[Hg+]. The Morgan fingerprint density at radius 2 is 1.81 bits per heavy atom. The normalized spacial score (nSPS) is 15.6. The fourth-order valence-electron chi connectivity index (χ4n) is 1.90. The van der Waals surface area contributed by atoms with Gasteiger partial charge in [0.05, 0.1) is 11.7 Å². The summed E-state index contributed by atoms with van der Waals surface area (Å²) in [6.45, 7) is 6.11. The zero-order valence-electron chi connectivity index (χ0n) is 11.1. The number of aliphatic hydroxyl groups is 1. The van der Waals surface area contributed by atoms with Gasteiger partial charge in [-0.3, -0.25) is 0 Å². The summed E-state index contributed by atoms with van der Waals surface area (Å²) in [5.41, 5.74) is -0.209. The molecule has 0 heterocycles. The van der Waals surface area contributed by atoms with E-state index >= 15 is 0 Å². The molecule has 94 valence electrons. The van der Waals surface area contributed by atoms with E-state index in [0.717, 1.165) is 25.7 Å².